The summed E-state index contributed by atoms with van der Waals surface area (Å²) in [6.07, 6.45) is -2.29. The minimum atomic E-state index is -2.74. The third kappa shape index (κ3) is 12.7. The van der Waals surface area contributed by atoms with Crippen molar-refractivity contribution in [1.82, 2.24) is 5.32 Å². The Morgan fingerprint density at radius 2 is 1.18 bits per heavy atom. The Morgan fingerprint density at radius 3 is 1.32 bits per heavy atom. The molecule has 128 valence electrons. The number of nitrogens with one attached hydrogen (secondary N) is 1. The van der Waals surface area contributed by atoms with Crippen molar-refractivity contribution in [2.75, 3.05) is 6.54 Å². The first-order valence-electron chi connectivity index (χ1n) is 5.50. The van der Waals surface area contributed by atoms with Crippen LogP contribution in [0, 0.1) is 0 Å². The van der Waals surface area contributed by atoms with Gasteiger partial charge in [-0.1, -0.05) is 0 Å². The average molecular weight is 327 g/mol. The van der Waals surface area contributed by atoms with Crippen LogP contribution in [0.4, 0.5) is 0 Å². The van der Waals surface area contributed by atoms with Gasteiger partial charge in [-0.25, -0.2) is 4.79 Å². The Bertz CT molecular complexity index is 409. The molecule has 12 nitrogen and oxygen atoms in total. The summed E-state index contributed by atoms with van der Waals surface area (Å²) in [5, 5.41) is 60.6. The first-order chi connectivity index (χ1) is 9.69. The van der Waals surface area contributed by atoms with E-state index in [1.807, 2.05) is 5.32 Å². The molecule has 0 aromatic heterocycles. The highest BCUT2D eigenvalue weighted by molar-refractivity contribution is 5.88. The van der Waals surface area contributed by atoms with Gasteiger partial charge in [-0.3, -0.25) is 19.7 Å². The molecule has 0 saturated carbocycles. The molecule has 0 aliphatic carbocycles. The fraction of sp³-hybridized carbons (Fsp3) is 0.600. The number of hydrogen-bond acceptors (Lipinski definition) is 8. The normalized spacial score (nSPS) is 11.1. The fourth-order valence-electron chi connectivity index (χ4n) is 0.957. The second-order valence-corrected chi connectivity index (χ2v) is 4.25. The second-order valence-electron chi connectivity index (χ2n) is 4.25. The van der Waals surface area contributed by atoms with Crippen molar-refractivity contribution in [3.63, 3.8) is 0 Å². The van der Waals surface area contributed by atoms with Gasteiger partial charge in [0.25, 0.3) is 0 Å². The van der Waals surface area contributed by atoms with Crippen molar-refractivity contribution < 1.29 is 54.9 Å². The van der Waals surface area contributed by atoms with Gasteiger partial charge in [-0.2, -0.15) is 0 Å². The molecule has 0 amide bonds. The highest BCUT2D eigenvalue weighted by Crippen LogP contribution is 2.15. The van der Waals surface area contributed by atoms with Gasteiger partial charge in [-0.15, -0.1) is 0 Å². The Balaban J connectivity index is 0. The van der Waals surface area contributed by atoms with E-state index in [9.17, 15) is 19.2 Å². The molecule has 0 radical (unpaired) electrons. The summed E-state index contributed by atoms with van der Waals surface area (Å²) in [5.74, 6) is -8.25. The van der Waals surface area contributed by atoms with Gasteiger partial charge in [0.1, 0.15) is 0 Å². The molecule has 0 saturated heterocycles. The van der Waals surface area contributed by atoms with Gasteiger partial charge in [-0.05, 0) is 0 Å². The number of aliphatic hydroxyl groups is 3. The molecule has 0 rings (SSSR count). The highest BCUT2D eigenvalue weighted by atomic mass is 16.5. The number of rotatable bonds is 8. The van der Waals surface area contributed by atoms with E-state index in [0.29, 0.717) is 0 Å². The zero-order chi connectivity index (χ0) is 18.1. The molecule has 0 bridgehead atoms. The predicted octanol–water partition coefficient (Wildman–Crippen LogP) is -2.93. The number of carbonyl (C=O) groups is 4. The Labute approximate surface area is 123 Å². The van der Waals surface area contributed by atoms with Crippen molar-refractivity contribution in [2.24, 2.45) is 0 Å². The Kier molecular flexibility index (Phi) is 8.89. The summed E-state index contributed by atoms with van der Waals surface area (Å²) in [7, 11) is 0. The maximum atomic E-state index is 10.3. The van der Waals surface area contributed by atoms with Crippen LogP contribution in [0.5, 0.6) is 0 Å². The topological polar surface area (TPSA) is 222 Å². The zero-order valence-electron chi connectivity index (χ0n) is 11.4. The Hall–Kier alpha value is -2.28. The van der Waals surface area contributed by atoms with Crippen LogP contribution in [0.3, 0.4) is 0 Å². The van der Waals surface area contributed by atoms with Gasteiger partial charge in [0.15, 0.2) is 5.60 Å². The van der Waals surface area contributed by atoms with Crippen LogP contribution in [-0.2, 0) is 19.2 Å². The first-order valence-corrected chi connectivity index (χ1v) is 5.50. The zero-order valence-corrected chi connectivity index (χ0v) is 11.4. The quantitative estimate of drug-likeness (QED) is 0.210. The molecule has 12 heteroatoms. The lowest BCUT2D eigenvalue weighted by molar-refractivity contribution is -0.174. The average Bonchev–Trinajstić information content (AvgIpc) is 2.23. The van der Waals surface area contributed by atoms with Gasteiger partial charge in [0, 0.05) is 6.92 Å². The standard InChI is InChI=1S/C6H8O7.C4H9NO4/c7-3(8)1-6(13,5(11)12)2-4(9)10;1-4(8,9)5-2-3(6)7/h13H,1-2H2,(H,7,8)(H,9,10)(H,11,12);5,8-9H,2H2,1H3,(H,6,7). The molecule has 0 heterocycles. The van der Waals surface area contributed by atoms with E-state index in [4.69, 9.17) is 35.7 Å². The molecular formula is C10H17NO11. The lowest BCUT2D eigenvalue weighted by Gasteiger charge is -2.18. The van der Waals surface area contributed by atoms with Gasteiger partial charge in [0.05, 0.1) is 19.4 Å². The number of carboxylic acid groups (broad SMARTS) is 4. The first kappa shape index (κ1) is 22.0. The van der Waals surface area contributed by atoms with E-state index in [1.54, 1.807) is 0 Å². The SMILES string of the molecule is CC(O)(O)NCC(=O)O.O=C(O)CC(O)(CC(=O)O)C(=O)O. The van der Waals surface area contributed by atoms with Crippen LogP contribution in [0.15, 0.2) is 0 Å². The summed E-state index contributed by atoms with van der Waals surface area (Å²) < 4.78 is 0. The molecule has 0 atom stereocenters. The maximum Gasteiger partial charge on any atom is 0.336 e. The molecule has 0 spiro atoms. The summed E-state index contributed by atoms with van der Waals surface area (Å²) in [6.45, 7) is 0.569. The van der Waals surface area contributed by atoms with Crippen LogP contribution < -0.4 is 5.32 Å². The van der Waals surface area contributed by atoms with E-state index in [0.717, 1.165) is 6.92 Å². The number of aliphatic carboxylic acids is 4. The molecule has 0 aliphatic rings. The van der Waals surface area contributed by atoms with Crippen LogP contribution in [0.1, 0.15) is 19.8 Å². The van der Waals surface area contributed by atoms with E-state index in [2.05, 4.69) is 0 Å². The third-order valence-corrected chi connectivity index (χ3v) is 1.86. The largest absolute Gasteiger partial charge is 0.481 e. The fourth-order valence-corrected chi connectivity index (χ4v) is 0.957. The van der Waals surface area contributed by atoms with E-state index < -0.39 is 54.8 Å². The van der Waals surface area contributed by atoms with Crippen LogP contribution in [0.2, 0.25) is 0 Å². The molecule has 0 aliphatic heterocycles. The Morgan fingerprint density at radius 1 is 0.818 bits per heavy atom. The number of hydrogen-bond donors (Lipinski definition) is 8. The monoisotopic (exact) mass is 327 g/mol. The van der Waals surface area contributed by atoms with Crippen molar-refractivity contribution in [3.05, 3.63) is 0 Å². The molecule has 22 heavy (non-hydrogen) atoms. The van der Waals surface area contributed by atoms with Crippen LogP contribution in [0.25, 0.3) is 0 Å². The van der Waals surface area contributed by atoms with Crippen LogP contribution in [-0.4, -0.2) is 77.7 Å². The third-order valence-electron chi connectivity index (χ3n) is 1.86. The summed E-state index contributed by atoms with van der Waals surface area (Å²) in [6, 6.07) is 0. The summed E-state index contributed by atoms with van der Waals surface area (Å²) >= 11 is 0. The minimum Gasteiger partial charge on any atom is -0.481 e. The molecular weight excluding hydrogens is 310 g/mol. The molecule has 0 unspecified atom stereocenters. The predicted molar refractivity (Wildman–Crippen MR) is 65.6 cm³/mol. The van der Waals surface area contributed by atoms with Crippen LogP contribution >= 0.6 is 0 Å². The molecule has 8 N–H and O–H groups in total. The minimum absolute atomic E-state index is 0.469. The maximum absolute atomic E-state index is 10.3. The van der Waals surface area contributed by atoms with E-state index in [-0.39, 0.29) is 0 Å². The summed E-state index contributed by atoms with van der Waals surface area (Å²) in [5.41, 5.74) is -2.74. The highest BCUT2D eigenvalue weighted by Gasteiger charge is 2.40. The molecule has 0 aromatic rings. The number of carboxylic acids is 4. The van der Waals surface area contributed by atoms with Crippen molar-refractivity contribution in [2.45, 2.75) is 31.3 Å². The molecule has 0 aromatic carbocycles. The van der Waals surface area contributed by atoms with Gasteiger partial charge < -0.3 is 35.7 Å². The van der Waals surface area contributed by atoms with E-state index >= 15 is 0 Å². The van der Waals surface area contributed by atoms with Crippen molar-refractivity contribution in [3.8, 4) is 0 Å². The lowest BCUT2D eigenvalue weighted by atomic mass is 9.96. The smallest absolute Gasteiger partial charge is 0.336 e. The summed E-state index contributed by atoms with van der Waals surface area (Å²) in [4.78, 5) is 40.2. The molecule has 0 fully saturated rings. The van der Waals surface area contributed by atoms with Crippen molar-refractivity contribution >= 4 is 23.9 Å². The lowest BCUT2D eigenvalue weighted by Crippen LogP contribution is -2.44. The van der Waals surface area contributed by atoms with Gasteiger partial charge >= 0.3 is 23.9 Å². The van der Waals surface area contributed by atoms with Crippen molar-refractivity contribution in [1.29, 1.82) is 0 Å². The van der Waals surface area contributed by atoms with Gasteiger partial charge in [0.2, 0.25) is 5.91 Å². The second kappa shape index (κ2) is 8.89. The van der Waals surface area contributed by atoms with E-state index in [1.165, 1.54) is 0 Å².